The third-order valence-electron chi connectivity index (χ3n) is 2.37. The van der Waals surface area contributed by atoms with E-state index in [0.717, 1.165) is 0 Å². The zero-order valence-electron chi connectivity index (χ0n) is 11.0. The zero-order chi connectivity index (χ0) is 15.2. The predicted molar refractivity (Wildman–Crippen MR) is 72.3 cm³/mol. The Morgan fingerprint density at radius 1 is 1.38 bits per heavy atom. The van der Waals surface area contributed by atoms with Gasteiger partial charge in [-0.05, 0) is 24.3 Å². The van der Waals surface area contributed by atoms with Gasteiger partial charge in [0.15, 0.2) is 5.69 Å². The molecular weight excluding hydrogens is 302 g/mol. The largest absolute Gasteiger partial charge is 0.513 e. The van der Waals surface area contributed by atoms with E-state index in [1.54, 1.807) is 24.3 Å². The molecule has 21 heavy (non-hydrogen) atoms. The Morgan fingerprint density at radius 3 is 2.71 bits per heavy atom. The van der Waals surface area contributed by atoms with Gasteiger partial charge in [-0.1, -0.05) is 11.6 Å². The van der Waals surface area contributed by atoms with E-state index >= 15 is 0 Å². The van der Waals surface area contributed by atoms with Crippen LogP contribution < -0.4 is 4.74 Å². The summed E-state index contributed by atoms with van der Waals surface area (Å²) in [5.74, 6) is -0.0255. The normalized spacial score (nSPS) is 10.6. The third-order valence-corrected chi connectivity index (χ3v) is 2.62. The molecule has 1 N–H and O–H groups in total. The van der Waals surface area contributed by atoms with E-state index < -0.39 is 6.16 Å². The fourth-order valence-electron chi connectivity index (χ4n) is 1.53. The number of hydrogen-bond acceptors (Lipinski definition) is 6. The van der Waals surface area contributed by atoms with Crippen molar-refractivity contribution < 1.29 is 28.5 Å². The van der Waals surface area contributed by atoms with Crippen molar-refractivity contribution in [2.75, 3.05) is 13.9 Å². The van der Waals surface area contributed by atoms with E-state index in [4.69, 9.17) is 30.6 Å². The maximum Gasteiger partial charge on any atom is 0.513 e. The summed E-state index contributed by atoms with van der Waals surface area (Å²) >= 11 is 5.80. The van der Waals surface area contributed by atoms with Crippen molar-refractivity contribution in [1.82, 2.24) is 4.98 Å². The minimum absolute atomic E-state index is 0.00641. The molecule has 0 aliphatic heterocycles. The summed E-state index contributed by atoms with van der Waals surface area (Å²) < 4.78 is 19.7. The van der Waals surface area contributed by atoms with Gasteiger partial charge in [0.2, 0.25) is 5.89 Å². The molecule has 2 aromatic rings. The Kier molecular flexibility index (Phi) is 5.15. The molecule has 0 saturated carbocycles. The van der Waals surface area contributed by atoms with Crippen LogP contribution in [0.4, 0.5) is 4.79 Å². The topological polar surface area (TPSA) is 91.0 Å². The molecule has 8 heteroatoms. The molecule has 1 aromatic heterocycles. The van der Waals surface area contributed by atoms with Crippen LogP contribution in [0.3, 0.4) is 0 Å². The molecule has 0 fully saturated rings. The average Bonchev–Trinajstić information content (AvgIpc) is 2.82. The van der Waals surface area contributed by atoms with E-state index in [2.05, 4.69) is 9.72 Å². The number of carbonyl (C=O) groups is 1. The van der Waals surface area contributed by atoms with Crippen LogP contribution in [0.2, 0.25) is 5.02 Å². The highest BCUT2D eigenvalue weighted by Crippen LogP contribution is 2.28. The fraction of sp³-hybridized carbons (Fsp3) is 0.231. The van der Waals surface area contributed by atoms with Crippen LogP contribution in [-0.2, 0) is 16.1 Å². The van der Waals surface area contributed by atoms with Crippen molar-refractivity contribution in [2.45, 2.75) is 6.61 Å². The fourth-order valence-corrected chi connectivity index (χ4v) is 1.65. The smallest absolute Gasteiger partial charge is 0.449 e. The highest BCUT2D eigenvalue weighted by Gasteiger charge is 2.18. The first-order chi connectivity index (χ1) is 10.1. The average molecular weight is 314 g/mol. The molecule has 0 amide bonds. The summed E-state index contributed by atoms with van der Waals surface area (Å²) in [4.78, 5) is 14.8. The Labute approximate surface area is 125 Å². The molecule has 0 spiro atoms. The Hall–Kier alpha value is -2.09. The molecule has 112 valence electrons. The van der Waals surface area contributed by atoms with E-state index in [-0.39, 0.29) is 30.9 Å². The lowest BCUT2D eigenvalue weighted by Gasteiger charge is -2.00. The van der Waals surface area contributed by atoms with Gasteiger partial charge in [-0.15, -0.1) is 0 Å². The van der Waals surface area contributed by atoms with Crippen LogP contribution >= 0.6 is 11.6 Å². The van der Waals surface area contributed by atoms with E-state index in [0.29, 0.717) is 10.6 Å². The maximum absolute atomic E-state index is 10.6. The summed E-state index contributed by atoms with van der Waals surface area (Å²) in [5, 5.41) is 9.25. The number of carboxylic acid groups (broad SMARTS) is 1. The number of rotatable bonds is 6. The molecular formula is C13H12ClNO6. The van der Waals surface area contributed by atoms with Crippen molar-refractivity contribution in [3.63, 3.8) is 0 Å². The van der Waals surface area contributed by atoms with Crippen LogP contribution in [0.1, 0.15) is 5.69 Å². The molecule has 0 saturated heterocycles. The second-order valence-electron chi connectivity index (χ2n) is 3.88. The van der Waals surface area contributed by atoms with E-state index in [9.17, 15) is 4.79 Å². The van der Waals surface area contributed by atoms with Gasteiger partial charge in [0, 0.05) is 17.7 Å². The van der Waals surface area contributed by atoms with Crippen LogP contribution in [-0.4, -0.2) is 30.1 Å². The molecule has 0 unspecified atom stereocenters. The SMILES string of the molecule is COCOCc1nc(-c2ccc(Cl)cc2)oc1OC(=O)O. The van der Waals surface area contributed by atoms with Gasteiger partial charge in [-0.2, -0.15) is 0 Å². The standard InChI is InChI=1S/C13H12ClNO6/c1-18-7-19-6-10-12(21-13(16)17)20-11(15-10)8-2-4-9(14)5-3-8/h2-5H,6-7H2,1H3,(H,16,17). The van der Waals surface area contributed by atoms with Crippen molar-refractivity contribution >= 4 is 17.8 Å². The van der Waals surface area contributed by atoms with Gasteiger partial charge in [-0.3, -0.25) is 0 Å². The second kappa shape index (κ2) is 7.07. The van der Waals surface area contributed by atoms with Gasteiger partial charge in [0.25, 0.3) is 0 Å². The first-order valence-corrected chi connectivity index (χ1v) is 6.21. The van der Waals surface area contributed by atoms with Crippen molar-refractivity contribution in [3.05, 3.63) is 35.0 Å². The highest BCUT2D eigenvalue weighted by atomic mass is 35.5. The van der Waals surface area contributed by atoms with Crippen LogP contribution in [0, 0.1) is 0 Å². The van der Waals surface area contributed by atoms with Gasteiger partial charge >= 0.3 is 12.1 Å². The minimum Gasteiger partial charge on any atom is -0.449 e. The summed E-state index contributed by atoms with van der Waals surface area (Å²) in [6.45, 7) is 0.0309. The predicted octanol–water partition coefficient (Wildman–Crippen LogP) is 3.17. The number of ether oxygens (including phenoxy) is 3. The van der Waals surface area contributed by atoms with Crippen LogP contribution in [0.25, 0.3) is 11.5 Å². The zero-order valence-corrected chi connectivity index (χ0v) is 11.8. The quantitative estimate of drug-likeness (QED) is 0.497. The molecule has 2 rings (SSSR count). The van der Waals surface area contributed by atoms with Gasteiger partial charge in [0.05, 0.1) is 6.61 Å². The first-order valence-electron chi connectivity index (χ1n) is 5.83. The summed E-state index contributed by atoms with van der Waals surface area (Å²) in [6.07, 6.45) is -1.50. The Balaban J connectivity index is 2.25. The highest BCUT2D eigenvalue weighted by molar-refractivity contribution is 6.30. The number of methoxy groups -OCH3 is 1. The molecule has 0 aliphatic carbocycles. The maximum atomic E-state index is 10.6. The number of aromatic nitrogens is 1. The lowest BCUT2D eigenvalue weighted by molar-refractivity contribution is -0.0407. The number of hydrogen-bond donors (Lipinski definition) is 1. The molecule has 0 aliphatic rings. The van der Waals surface area contributed by atoms with Gasteiger partial charge in [0.1, 0.15) is 6.79 Å². The van der Waals surface area contributed by atoms with Crippen LogP contribution in [0.5, 0.6) is 5.95 Å². The second-order valence-corrected chi connectivity index (χ2v) is 4.32. The number of nitrogens with zero attached hydrogens (tertiary/aromatic N) is 1. The molecule has 1 aromatic carbocycles. The van der Waals surface area contributed by atoms with Gasteiger partial charge in [-0.25, -0.2) is 9.78 Å². The van der Waals surface area contributed by atoms with Crippen molar-refractivity contribution in [1.29, 1.82) is 0 Å². The molecule has 7 nitrogen and oxygen atoms in total. The van der Waals surface area contributed by atoms with E-state index in [1.165, 1.54) is 7.11 Å². The summed E-state index contributed by atoms with van der Waals surface area (Å²) in [5.41, 5.74) is 0.854. The summed E-state index contributed by atoms with van der Waals surface area (Å²) in [7, 11) is 1.47. The molecule has 0 bridgehead atoms. The van der Waals surface area contributed by atoms with Crippen LogP contribution in [0.15, 0.2) is 28.7 Å². The molecule has 0 radical (unpaired) electrons. The Morgan fingerprint density at radius 2 is 2.10 bits per heavy atom. The van der Waals surface area contributed by atoms with Gasteiger partial charge < -0.3 is 23.7 Å². The molecule has 0 atom stereocenters. The Bertz CT molecular complexity index is 610. The minimum atomic E-state index is -1.50. The first kappa shape index (κ1) is 15.3. The number of benzene rings is 1. The molecule has 1 heterocycles. The number of oxazole rings is 1. The lowest BCUT2D eigenvalue weighted by Crippen LogP contribution is -2.05. The summed E-state index contributed by atoms with van der Waals surface area (Å²) in [6, 6.07) is 6.72. The monoisotopic (exact) mass is 313 g/mol. The number of halogens is 1. The van der Waals surface area contributed by atoms with E-state index in [1.807, 2.05) is 0 Å². The van der Waals surface area contributed by atoms with Crippen molar-refractivity contribution in [3.8, 4) is 17.4 Å². The third kappa shape index (κ3) is 4.19. The van der Waals surface area contributed by atoms with Crippen molar-refractivity contribution in [2.24, 2.45) is 0 Å². The lowest BCUT2D eigenvalue weighted by atomic mass is 10.2.